The number of rotatable bonds is 6. The Labute approximate surface area is 202 Å². The Balaban J connectivity index is 1.32. The van der Waals surface area contributed by atoms with Crippen molar-refractivity contribution in [3.8, 4) is 0 Å². The van der Waals surface area contributed by atoms with Crippen LogP contribution in [0.3, 0.4) is 0 Å². The maximum atomic E-state index is 12.9. The molecule has 1 saturated heterocycles. The smallest absolute Gasteiger partial charge is 0.243 e. The molecular formula is C24H25N5O3S2. The predicted octanol–water partition coefficient (Wildman–Crippen LogP) is 4.09. The van der Waals surface area contributed by atoms with Crippen LogP contribution in [0.25, 0.3) is 16.6 Å². The molecular weight excluding hydrogens is 470 g/mol. The third-order valence-corrected chi connectivity index (χ3v) is 9.01. The monoisotopic (exact) mass is 495 g/mol. The third-order valence-electron chi connectivity index (χ3n) is 6.05. The molecule has 2 aromatic heterocycles. The summed E-state index contributed by atoms with van der Waals surface area (Å²) < 4.78 is 28.9. The van der Waals surface area contributed by atoms with Gasteiger partial charge in [0, 0.05) is 24.2 Å². The molecule has 10 heteroatoms. The molecule has 1 unspecified atom stereocenters. The third kappa shape index (κ3) is 4.17. The molecule has 0 bridgehead atoms. The number of pyridine rings is 1. The van der Waals surface area contributed by atoms with Crippen LogP contribution in [0, 0.1) is 6.92 Å². The summed E-state index contributed by atoms with van der Waals surface area (Å²) >= 11 is 1.33. The summed E-state index contributed by atoms with van der Waals surface area (Å²) in [6.07, 6.45) is 1.78. The van der Waals surface area contributed by atoms with Gasteiger partial charge in [-0.15, -0.1) is 10.2 Å². The molecule has 0 saturated carbocycles. The summed E-state index contributed by atoms with van der Waals surface area (Å²) in [4.78, 5) is 13.1. The van der Waals surface area contributed by atoms with Gasteiger partial charge in [0.1, 0.15) is 0 Å². The fourth-order valence-corrected chi connectivity index (χ4v) is 6.58. The minimum atomic E-state index is -3.48. The molecule has 2 aromatic carbocycles. The van der Waals surface area contributed by atoms with Crippen molar-refractivity contribution in [2.24, 2.45) is 0 Å². The average molecular weight is 496 g/mol. The zero-order chi connectivity index (χ0) is 23.9. The predicted molar refractivity (Wildman–Crippen MR) is 134 cm³/mol. The number of benzene rings is 2. The number of para-hydroxylation sites is 1. The van der Waals surface area contributed by atoms with Crippen molar-refractivity contribution >= 4 is 49.9 Å². The number of sulfonamides is 1. The molecule has 5 rings (SSSR count). The molecule has 1 atom stereocenters. The van der Waals surface area contributed by atoms with Gasteiger partial charge in [-0.05, 0) is 68.7 Å². The number of amides is 1. The zero-order valence-electron chi connectivity index (χ0n) is 18.9. The van der Waals surface area contributed by atoms with E-state index in [-0.39, 0.29) is 10.8 Å². The standard InChI is InChI=1S/C24H25N5O3S2/c1-16-15-22-26-27-24(29(22)21-8-4-3-7-20(16)21)33-17(2)23(30)25-18-9-11-19(12-10-18)34(31,32)28-13-5-6-14-28/h3-4,7-12,15,17H,5-6,13-14H2,1-2H3,(H,25,30). The van der Waals surface area contributed by atoms with E-state index in [2.05, 4.69) is 21.6 Å². The topological polar surface area (TPSA) is 96.7 Å². The summed E-state index contributed by atoms with van der Waals surface area (Å²) in [6.45, 7) is 4.97. The van der Waals surface area contributed by atoms with E-state index in [9.17, 15) is 13.2 Å². The normalized spacial score (nSPS) is 15.7. The second-order valence-corrected chi connectivity index (χ2v) is 11.7. The van der Waals surface area contributed by atoms with Crippen LogP contribution in [0.4, 0.5) is 5.69 Å². The van der Waals surface area contributed by atoms with Crippen LogP contribution in [-0.2, 0) is 14.8 Å². The highest BCUT2D eigenvalue weighted by Gasteiger charge is 2.27. The van der Waals surface area contributed by atoms with Crippen molar-refractivity contribution in [2.75, 3.05) is 18.4 Å². The second-order valence-electron chi connectivity index (χ2n) is 8.41. The summed E-state index contributed by atoms with van der Waals surface area (Å²) in [7, 11) is -3.48. The number of aromatic nitrogens is 3. The molecule has 176 valence electrons. The fourth-order valence-electron chi connectivity index (χ4n) is 4.19. The van der Waals surface area contributed by atoms with Gasteiger partial charge in [-0.3, -0.25) is 9.20 Å². The highest BCUT2D eigenvalue weighted by molar-refractivity contribution is 8.00. The number of carbonyl (C=O) groups excluding carboxylic acids is 1. The molecule has 8 nitrogen and oxygen atoms in total. The second kappa shape index (κ2) is 9.01. The summed E-state index contributed by atoms with van der Waals surface area (Å²) in [6, 6.07) is 16.4. The van der Waals surface area contributed by atoms with E-state index < -0.39 is 15.3 Å². The van der Waals surface area contributed by atoms with Gasteiger partial charge < -0.3 is 5.32 Å². The van der Waals surface area contributed by atoms with Gasteiger partial charge in [-0.1, -0.05) is 30.0 Å². The van der Waals surface area contributed by atoms with E-state index in [4.69, 9.17) is 0 Å². The number of nitrogens with zero attached hydrogens (tertiary/aromatic N) is 4. The first-order valence-electron chi connectivity index (χ1n) is 11.2. The van der Waals surface area contributed by atoms with Crippen LogP contribution in [0.1, 0.15) is 25.3 Å². The van der Waals surface area contributed by atoms with E-state index in [1.54, 1.807) is 24.3 Å². The van der Waals surface area contributed by atoms with Crippen molar-refractivity contribution in [1.82, 2.24) is 18.9 Å². The Morgan fingerprint density at radius 3 is 2.50 bits per heavy atom. The van der Waals surface area contributed by atoms with Crippen LogP contribution in [0.15, 0.2) is 64.6 Å². The molecule has 4 aromatic rings. The SMILES string of the molecule is Cc1cc2nnc(SC(C)C(=O)Nc3ccc(S(=O)(=O)N4CCCC4)cc3)n2c2ccccc12. The van der Waals surface area contributed by atoms with Crippen LogP contribution >= 0.6 is 11.8 Å². The van der Waals surface area contributed by atoms with Gasteiger partial charge in [0.05, 0.1) is 15.7 Å². The van der Waals surface area contributed by atoms with Crippen LogP contribution < -0.4 is 5.32 Å². The molecule has 3 heterocycles. The van der Waals surface area contributed by atoms with E-state index >= 15 is 0 Å². The molecule has 1 N–H and O–H groups in total. The number of fused-ring (bicyclic) bond motifs is 3. The van der Waals surface area contributed by atoms with Crippen molar-refractivity contribution in [3.63, 3.8) is 0 Å². The average Bonchev–Trinajstić information content (AvgIpc) is 3.51. The van der Waals surface area contributed by atoms with E-state index in [1.165, 1.54) is 16.1 Å². The number of hydrogen-bond donors (Lipinski definition) is 1. The Hall–Kier alpha value is -2.95. The lowest BCUT2D eigenvalue weighted by atomic mass is 10.1. The molecule has 0 aliphatic carbocycles. The molecule has 1 amide bonds. The van der Waals surface area contributed by atoms with Crippen molar-refractivity contribution < 1.29 is 13.2 Å². The number of anilines is 1. The quantitative estimate of drug-likeness (QED) is 0.405. The summed E-state index contributed by atoms with van der Waals surface area (Å²) in [5.74, 6) is -0.201. The largest absolute Gasteiger partial charge is 0.325 e. The fraction of sp³-hybridized carbons (Fsp3) is 0.292. The van der Waals surface area contributed by atoms with Gasteiger partial charge >= 0.3 is 0 Å². The number of carbonyl (C=O) groups is 1. The van der Waals surface area contributed by atoms with Crippen LogP contribution in [0.2, 0.25) is 0 Å². The number of nitrogens with one attached hydrogen (secondary N) is 1. The molecule has 1 aliphatic heterocycles. The lowest BCUT2D eigenvalue weighted by Crippen LogP contribution is -2.27. The Morgan fingerprint density at radius 1 is 1.06 bits per heavy atom. The molecule has 34 heavy (non-hydrogen) atoms. The summed E-state index contributed by atoms with van der Waals surface area (Å²) in [5.41, 5.74) is 3.39. The number of hydrogen-bond acceptors (Lipinski definition) is 6. The molecule has 0 radical (unpaired) electrons. The molecule has 1 aliphatic rings. The first kappa shape index (κ1) is 22.8. The van der Waals surface area contributed by atoms with Gasteiger partial charge in [0.2, 0.25) is 15.9 Å². The Morgan fingerprint density at radius 2 is 1.76 bits per heavy atom. The molecule has 0 spiro atoms. The maximum absolute atomic E-state index is 12.9. The van der Waals surface area contributed by atoms with Gasteiger partial charge in [-0.2, -0.15) is 4.31 Å². The lowest BCUT2D eigenvalue weighted by Gasteiger charge is -2.16. The minimum Gasteiger partial charge on any atom is -0.325 e. The van der Waals surface area contributed by atoms with E-state index in [0.29, 0.717) is 23.9 Å². The molecule has 1 fully saturated rings. The highest BCUT2D eigenvalue weighted by Crippen LogP contribution is 2.29. The van der Waals surface area contributed by atoms with Gasteiger partial charge in [-0.25, -0.2) is 8.42 Å². The van der Waals surface area contributed by atoms with E-state index in [1.807, 2.05) is 42.5 Å². The Bertz CT molecular complexity index is 1480. The number of thioether (sulfide) groups is 1. The van der Waals surface area contributed by atoms with Crippen molar-refractivity contribution in [3.05, 3.63) is 60.2 Å². The van der Waals surface area contributed by atoms with Crippen LogP contribution in [0.5, 0.6) is 0 Å². The number of aryl methyl sites for hydroxylation is 1. The zero-order valence-corrected chi connectivity index (χ0v) is 20.6. The van der Waals surface area contributed by atoms with E-state index in [0.717, 1.165) is 35.0 Å². The first-order chi connectivity index (χ1) is 16.3. The van der Waals surface area contributed by atoms with Crippen molar-refractivity contribution in [1.29, 1.82) is 0 Å². The Kier molecular flexibility index (Phi) is 6.05. The highest BCUT2D eigenvalue weighted by atomic mass is 32.2. The van der Waals surface area contributed by atoms with Gasteiger partial charge in [0.15, 0.2) is 10.8 Å². The van der Waals surface area contributed by atoms with Gasteiger partial charge in [0.25, 0.3) is 0 Å². The van der Waals surface area contributed by atoms with Crippen molar-refractivity contribution in [2.45, 2.75) is 42.0 Å². The lowest BCUT2D eigenvalue weighted by molar-refractivity contribution is -0.115. The first-order valence-corrected chi connectivity index (χ1v) is 13.5. The minimum absolute atomic E-state index is 0.201. The van der Waals surface area contributed by atoms with Crippen LogP contribution in [-0.4, -0.2) is 51.6 Å². The maximum Gasteiger partial charge on any atom is 0.243 e. The summed E-state index contributed by atoms with van der Waals surface area (Å²) in [5, 5.41) is 12.8.